The van der Waals surface area contributed by atoms with Crippen LogP contribution in [0.4, 0.5) is 5.69 Å². The Morgan fingerprint density at radius 1 is 1.11 bits per heavy atom. The molecule has 140 valence electrons. The molecule has 1 aromatic carbocycles. The summed E-state index contributed by atoms with van der Waals surface area (Å²) in [4.78, 5) is 21.8. The predicted molar refractivity (Wildman–Crippen MR) is 109 cm³/mol. The molecule has 5 nitrogen and oxygen atoms in total. The highest BCUT2D eigenvalue weighted by molar-refractivity contribution is 7.13. The first-order chi connectivity index (χ1) is 13.0. The molecular weight excluding hydrogens is 358 g/mol. The molecule has 0 atom stereocenters. The molecule has 3 rings (SSSR count). The number of amides is 1. The molecule has 1 N–H and O–H groups in total. The molecule has 0 aliphatic rings. The molecule has 6 heteroatoms. The molecule has 3 aromatic rings. The van der Waals surface area contributed by atoms with Crippen molar-refractivity contribution in [2.45, 2.75) is 39.7 Å². The van der Waals surface area contributed by atoms with E-state index in [1.807, 2.05) is 57.2 Å². The topological polar surface area (TPSA) is 64.1 Å². The van der Waals surface area contributed by atoms with E-state index >= 15 is 0 Å². The number of carbonyl (C=O) groups is 1. The first-order valence-corrected chi connectivity index (χ1v) is 9.76. The van der Waals surface area contributed by atoms with Crippen molar-refractivity contribution in [1.29, 1.82) is 0 Å². The number of pyridine rings is 1. The van der Waals surface area contributed by atoms with E-state index in [2.05, 4.69) is 15.3 Å². The minimum Gasteiger partial charge on any atom is -0.491 e. The molecule has 2 aromatic heterocycles. The molecule has 0 unspecified atom stereocenters. The maximum absolute atomic E-state index is 12.6. The second-order valence-electron chi connectivity index (χ2n) is 6.52. The normalized spacial score (nSPS) is 10.8. The van der Waals surface area contributed by atoms with Gasteiger partial charge in [0, 0.05) is 24.5 Å². The third-order valence-corrected chi connectivity index (χ3v) is 5.12. The van der Waals surface area contributed by atoms with Gasteiger partial charge in [-0.2, -0.15) is 0 Å². The van der Waals surface area contributed by atoms with Crippen molar-refractivity contribution < 1.29 is 9.53 Å². The summed E-state index contributed by atoms with van der Waals surface area (Å²) in [5, 5.41) is 3.90. The molecule has 0 bridgehead atoms. The van der Waals surface area contributed by atoms with E-state index in [1.165, 1.54) is 16.9 Å². The van der Waals surface area contributed by atoms with Gasteiger partial charge in [-0.15, -0.1) is 11.3 Å². The Morgan fingerprint density at radius 2 is 1.81 bits per heavy atom. The van der Waals surface area contributed by atoms with Gasteiger partial charge in [0.2, 0.25) is 0 Å². The van der Waals surface area contributed by atoms with Crippen molar-refractivity contribution in [1.82, 2.24) is 9.97 Å². The average molecular weight is 382 g/mol. The maximum atomic E-state index is 12.6. The number of anilines is 1. The largest absolute Gasteiger partial charge is 0.491 e. The van der Waals surface area contributed by atoms with Crippen LogP contribution in [0, 0.1) is 6.92 Å². The van der Waals surface area contributed by atoms with Gasteiger partial charge in [0.15, 0.2) is 0 Å². The number of ether oxygens (including phenoxy) is 1. The Morgan fingerprint density at radius 3 is 2.48 bits per heavy atom. The second kappa shape index (κ2) is 8.77. The summed E-state index contributed by atoms with van der Waals surface area (Å²) in [5.74, 6) is 0.660. The predicted octanol–water partition coefficient (Wildman–Crippen LogP) is 4.67. The van der Waals surface area contributed by atoms with Gasteiger partial charge in [-0.1, -0.05) is 0 Å². The van der Waals surface area contributed by atoms with E-state index in [0.717, 1.165) is 35.0 Å². The fourth-order valence-corrected chi connectivity index (χ4v) is 3.61. The number of nitrogens with zero attached hydrogens (tertiary/aromatic N) is 2. The number of nitrogens with one attached hydrogen (secondary N) is 1. The standard InChI is InChI=1S/C21H23N3O2S/c1-14(2)26-18-7-5-17(6-8-18)24-21(25)20-15(3)23-19(27-20)9-4-16-10-12-22-13-11-16/h5-8,10-14H,4,9H2,1-3H3,(H,24,25). The van der Waals surface area contributed by atoms with Crippen LogP contribution in [-0.2, 0) is 12.8 Å². The summed E-state index contributed by atoms with van der Waals surface area (Å²) in [6, 6.07) is 11.4. The zero-order chi connectivity index (χ0) is 19.2. The molecule has 1 amide bonds. The molecule has 2 heterocycles. The first kappa shape index (κ1) is 19.0. The van der Waals surface area contributed by atoms with Crippen LogP contribution >= 0.6 is 11.3 Å². The monoisotopic (exact) mass is 381 g/mol. The van der Waals surface area contributed by atoms with E-state index < -0.39 is 0 Å². The summed E-state index contributed by atoms with van der Waals surface area (Å²) in [6.07, 6.45) is 5.39. The Balaban J connectivity index is 1.62. The highest BCUT2D eigenvalue weighted by atomic mass is 32.1. The van der Waals surface area contributed by atoms with Crippen LogP contribution in [0.25, 0.3) is 0 Å². The van der Waals surface area contributed by atoms with Gasteiger partial charge < -0.3 is 10.1 Å². The highest BCUT2D eigenvalue weighted by Gasteiger charge is 2.15. The summed E-state index contributed by atoms with van der Waals surface area (Å²) < 4.78 is 5.62. The van der Waals surface area contributed by atoms with Gasteiger partial charge in [0.1, 0.15) is 10.6 Å². The number of thiazole rings is 1. The molecule has 0 fully saturated rings. The molecule has 0 aliphatic heterocycles. The lowest BCUT2D eigenvalue weighted by molar-refractivity contribution is 0.102. The number of hydrogen-bond acceptors (Lipinski definition) is 5. The van der Waals surface area contributed by atoms with Crippen LogP contribution in [0.15, 0.2) is 48.8 Å². The summed E-state index contributed by atoms with van der Waals surface area (Å²) in [6.45, 7) is 5.84. The molecule has 0 saturated heterocycles. The van der Waals surface area contributed by atoms with E-state index in [9.17, 15) is 4.79 Å². The Hall–Kier alpha value is -2.73. The Bertz CT molecular complexity index is 890. The molecule has 0 radical (unpaired) electrons. The van der Waals surface area contributed by atoms with E-state index in [4.69, 9.17) is 4.74 Å². The minimum atomic E-state index is -0.127. The van der Waals surface area contributed by atoms with Crippen molar-refractivity contribution >= 4 is 22.9 Å². The fraction of sp³-hybridized carbons (Fsp3) is 0.286. The number of rotatable bonds is 7. The van der Waals surface area contributed by atoms with Gasteiger partial charge in [-0.05, 0) is 69.2 Å². The number of aromatic nitrogens is 2. The lowest BCUT2D eigenvalue weighted by atomic mass is 10.1. The number of aryl methyl sites for hydroxylation is 3. The second-order valence-corrected chi connectivity index (χ2v) is 7.61. The Kier molecular flexibility index (Phi) is 6.19. The van der Waals surface area contributed by atoms with Crippen LogP contribution in [0.5, 0.6) is 5.75 Å². The van der Waals surface area contributed by atoms with Crippen molar-refractivity contribution in [3.8, 4) is 5.75 Å². The third-order valence-electron chi connectivity index (χ3n) is 3.91. The summed E-state index contributed by atoms with van der Waals surface area (Å²) in [7, 11) is 0. The first-order valence-electron chi connectivity index (χ1n) is 8.94. The lowest BCUT2D eigenvalue weighted by Crippen LogP contribution is -2.11. The SMILES string of the molecule is Cc1nc(CCc2ccncc2)sc1C(=O)Nc1ccc(OC(C)C)cc1. The quantitative estimate of drug-likeness (QED) is 0.646. The van der Waals surface area contributed by atoms with Crippen LogP contribution in [0.1, 0.15) is 39.8 Å². The van der Waals surface area contributed by atoms with Gasteiger partial charge in [0.05, 0.1) is 16.8 Å². The summed E-state index contributed by atoms with van der Waals surface area (Å²) in [5.41, 5.74) is 2.72. The number of carbonyl (C=O) groups excluding carboxylic acids is 1. The lowest BCUT2D eigenvalue weighted by Gasteiger charge is -2.10. The highest BCUT2D eigenvalue weighted by Crippen LogP contribution is 2.22. The van der Waals surface area contributed by atoms with E-state index in [1.54, 1.807) is 12.4 Å². The van der Waals surface area contributed by atoms with Crippen LogP contribution < -0.4 is 10.1 Å². The fourth-order valence-electron chi connectivity index (χ4n) is 2.65. The number of benzene rings is 1. The Labute approximate surface area is 163 Å². The average Bonchev–Trinajstić information content (AvgIpc) is 3.03. The maximum Gasteiger partial charge on any atom is 0.267 e. The molecule has 0 aliphatic carbocycles. The minimum absolute atomic E-state index is 0.121. The zero-order valence-electron chi connectivity index (χ0n) is 15.7. The zero-order valence-corrected chi connectivity index (χ0v) is 16.5. The van der Waals surface area contributed by atoms with Gasteiger partial charge in [-0.25, -0.2) is 4.98 Å². The number of hydrogen-bond donors (Lipinski definition) is 1. The molecular formula is C21H23N3O2S. The van der Waals surface area contributed by atoms with Crippen LogP contribution in [0.2, 0.25) is 0 Å². The molecule has 0 saturated carbocycles. The van der Waals surface area contributed by atoms with E-state index in [0.29, 0.717) is 4.88 Å². The van der Waals surface area contributed by atoms with Crippen molar-refractivity contribution in [3.05, 3.63) is 69.9 Å². The van der Waals surface area contributed by atoms with Gasteiger partial charge in [-0.3, -0.25) is 9.78 Å². The van der Waals surface area contributed by atoms with Crippen LogP contribution in [0.3, 0.4) is 0 Å². The van der Waals surface area contributed by atoms with Crippen LogP contribution in [-0.4, -0.2) is 22.0 Å². The molecule has 0 spiro atoms. The van der Waals surface area contributed by atoms with Crippen molar-refractivity contribution in [2.24, 2.45) is 0 Å². The van der Waals surface area contributed by atoms with Gasteiger partial charge >= 0.3 is 0 Å². The van der Waals surface area contributed by atoms with E-state index in [-0.39, 0.29) is 12.0 Å². The molecule has 27 heavy (non-hydrogen) atoms. The van der Waals surface area contributed by atoms with Crippen molar-refractivity contribution in [2.75, 3.05) is 5.32 Å². The summed E-state index contributed by atoms with van der Waals surface area (Å²) >= 11 is 1.45. The van der Waals surface area contributed by atoms with Gasteiger partial charge in [0.25, 0.3) is 5.91 Å². The third kappa shape index (κ3) is 5.37. The smallest absolute Gasteiger partial charge is 0.267 e. The van der Waals surface area contributed by atoms with Crippen molar-refractivity contribution in [3.63, 3.8) is 0 Å².